The molecule has 0 aromatic carbocycles. The molecule has 0 aliphatic carbocycles. The minimum absolute atomic E-state index is 0.000884. The highest BCUT2D eigenvalue weighted by Crippen LogP contribution is 2.51. The molecule has 4 amide bonds. The molecular weight excluding hydrogens is 514 g/mol. The lowest BCUT2D eigenvalue weighted by molar-refractivity contribution is -0.158. The maximum atomic E-state index is 13.1. The van der Waals surface area contributed by atoms with Gasteiger partial charge in [-0.25, -0.2) is 4.79 Å². The van der Waals surface area contributed by atoms with Crippen LogP contribution in [0.4, 0.5) is 0 Å². The third-order valence-electron chi connectivity index (χ3n) is 8.20. The fourth-order valence-corrected chi connectivity index (χ4v) is 7.48. The first-order valence-electron chi connectivity index (χ1n) is 12.9. The Balaban J connectivity index is 1.39. The largest absolute Gasteiger partial charge is 0.477 e. The smallest absolute Gasteiger partial charge is 0.353 e. The fourth-order valence-electron chi connectivity index (χ4n) is 6.01. The first-order valence-corrected chi connectivity index (χ1v) is 13.8. The number of nitrogens with one attached hydrogen (secondary N) is 3. The van der Waals surface area contributed by atoms with Gasteiger partial charge in [0.1, 0.15) is 5.70 Å². The van der Waals surface area contributed by atoms with Crippen LogP contribution < -0.4 is 27.4 Å². The Morgan fingerprint density at radius 3 is 2.50 bits per heavy atom. The second kappa shape index (κ2) is 10.8. The van der Waals surface area contributed by atoms with Gasteiger partial charge in [0, 0.05) is 41.7 Å². The van der Waals surface area contributed by atoms with E-state index >= 15 is 0 Å². The van der Waals surface area contributed by atoms with Gasteiger partial charge in [0.05, 0.1) is 30.1 Å². The number of hydrogen-bond acceptors (Lipinski definition) is 9. The van der Waals surface area contributed by atoms with Crippen LogP contribution >= 0.6 is 11.8 Å². The number of aliphatic carboxylic acids is 1. The summed E-state index contributed by atoms with van der Waals surface area (Å²) >= 11 is 1.41. The molecule has 4 rings (SSSR count). The van der Waals surface area contributed by atoms with Crippen molar-refractivity contribution in [1.82, 2.24) is 25.8 Å². The summed E-state index contributed by atoms with van der Waals surface area (Å²) in [7, 11) is 1.66. The standard InChI is InChI=1S/C24H37N7O6S/c1-11-17-16(12(2)29-15(32)10-27-3)21(34)31(17)18(22(35)36)19(11)38-13-8-14(28-9-13)20(33)30-6-4-24(26,5-7-30)23(25)37/h11-14,16-17,27-28H,4-10,26H2,1-3H3,(H2,25,37)(H,29,32)(H,35,36)/t11-,12-,13?,14?,16-,17+/m1/s1. The quantitative estimate of drug-likeness (QED) is 0.170. The zero-order valence-electron chi connectivity index (χ0n) is 21.9. The minimum atomic E-state index is -1.16. The van der Waals surface area contributed by atoms with Crippen LogP contribution in [0.5, 0.6) is 0 Å². The maximum absolute atomic E-state index is 13.1. The molecule has 38 heavy (non-hydrogen) atoms. The number of likely N-dealkylation sites (N-methyl/N-ethyl adjacent to an activating group) is 1. The zero-order chi connectivity index (χ0) is 27.9. The fraction of sp³-hybridized carbons (Fsp3) is 0.708. The molecule has 6 atom stereocenters. The zero-order valence-corrected chi connectivity index (χ0v) is 22.7. The van der Waals surface area contributed by atoms with Crippen molar-refractivity contribution in [3.05, 3.63) is 10.6 Å². The van der Waals surface area contributed by atoms with Gasteiger partial charge in [-0.2, -0.15) is 0 Å². The van der Waals surface area contributed by atoms with E-state index in [1.807, 2.05) is 6.92 Å². The van der Waals surface area contributed by atoms with Crippen LogP contribution in [0, 0.1) is 11.8 Å². The van der Waals surface area contributed by atoms with Gasteiger partial charge < -0.3 is 42.3 Å². The topological polar surface area (TPSA) is 200 Å². The number of thioether (sulfide) groups is 1. The minimum Gasteiger partial charge on any atom is -0.477 e. The Labute approximate surface area is 225 Å². The van der Waals surface area contributed by atoms with Gasteiger partial charge in [0.2, 0.25) is 23.6 Å². The molecule has 0 aromatic heterocycles. The maximum Gasteiger partial charge on any atom is 0.353 e. The summed E-state index contributed by atoms with van der Waals surface area (Å²) in [4.78, 5) is 65.7. The monoisotopic (exact) mass is 551 g/mol. The van der Waals surface area contributed by atoms with Crippen LogP contribution in [0.3, 0.4) is 0 Å². The lowest BCUT2D eigenvalue weighted by atomic mass is 9.78. The number of nitrogens with zero attached hydrogens (tertiary/aromatic N) is 2. The first kappa shape index (κ1) is 28.3. The van der Waals surface area contributed by atoms with E-state index in [0.29, 0.717) is 43.8 Å². The number of likely N-dealkylation sites (tertiary alicyclic amines) is 1. The molecule has 8 N–H and O–H groups in total. The highest BCUT2D eigenvalue weighted by atomic mass is 32.2. The number of carbonyl (C=O) groups excluding carboxylic acids is 4. The van der Waals surface area contributed by atoms with Gasteiger partial charge in [-0.3, -0.25) is 19.2 Å². The van der Waals surface area contributed by atoms with E-state index in [-0.39, 0.29) is 47.2 Å². The summed E-state index contributed by atoms with van der Waals surface area (Å²) in [6.45, 7) is 5.01. The summed E-state index contributed by atoms with van der Waals surface area (Å²) < 4.78 is 0. The number of nitrogens with two attached hydrogens (primary N) is 2. The molecule has 0 saturated carbocycles. The number of carbonyl (C=O) groups is 5. The Morgan fingerprint density at radius 1 is 1.26 bits per heavy atom. The van der Waals surface area contributed by atoms with E-state index < -0.39 is 35.4 Å². The van der Waals surface area contributed by atoms with Crippen molar-refractivity contribution in [3.63, 3.8) is 0 Å². The van der Waals surface area contributed by atoms with Gasteiger partial charge in [0.15, 0.2) is 0 Å². The van der Waals surface area contributed by atoms with Crippen molar-refractivity contribution in [2.45, 2.75) is 62.0 Å². The highest BCUT2D eigenvalue weighted by molar-refractivity contribution is 8.03. The molecule has 0 spiro atoms. The van der Waals surface area contributed by atoms with Crippen molar-refractivity contribution >= 4 is 41.4 Å². The summed E-state index contributed by atoms with van der Waals surface area (Å²) in [5.74, 6) is -3.06. The molecule has 3 saturated heterocycles. The summed E-state index contributed by atoms with van der Waals surface area (Å²) in [6, 6.07) is -1.21. The number of β-lactam (4-membered cyclic amide) rings is 1. The third kappa shape index (κ3) is 5.01. The van der Waals surface area contributed by atoms with Crippen molar-refractivity contribution < 1.29 is 29.1 Å². The first-order chi connectivity index (χ1) is 17.9. The summed E-state index contributed by atoms with van der Waals surface area (Å²) in [5, 5.41) is 18.8. The molecule has 4 heterocycles. The van der Waals surface area contributed by atoms with Crippen LogP contribution in [0.25, 0.3) is 0 Å². The van der Waals surface area contributed by atoms with E-state index in [0.717, 1.165) is 0 Å². The number of primary amides is 1. The molecule has 0 aromatic rings. The van der Waals surface area contributed by atoms with E-state index in [2.05, 4.69) is 16.0 Å². The molecule has 14 heteroatoms. The second-order valence-corrected chi connectivity index (χ2v) is 12.0. The van der Waals surface area contributed by atoms with E-state index in [4.69, 9.17) is 11.5 Å². The van der Waals surface area contributed by atoms with Crippen LogP contribution in [-0.2, 0) is 24.0 Å². The van der Waals surface area contributed by atoms with E-state index in [1.54, 1.807) is 18.9 Å². The second-order valence-electron chi connectivity index (χ2n) is 10.7. The Kier molecular flexibility index (Phi) is 8.07. The molecular formula is C24H37N7O6S. The van der Waals surface area contributed by atoms with E-state index in [9.17, 15) is 29.1 Å². The molecule has 13 nitrogen and oxygen atoms in total. The Bertz CT molecular complexity index is 1060. The van der Waals surface area contributed by atoms with Gasteiger partial charge in [-0.05, 0) is 33.2 Å². The third-order valence-corrected chi connectivity index (χ3v) is 9.71. The van der Waals surface area contributed by atoms with E-state index in [1.165, 1.54) is 16.7 Å². The molecule has 210 valence electrons. The lowest BCUT2D eigenvalue weighted by Crippen LogP contribution is -2.66. The number of carboxylic acid groups (broad SMARTS) is 1. The summed E-state index contributed by atoms with van der Waals surface area (Å²) in [5.41, 5.74) is 10.4. The Morgan fingerprint density at radius 2 is 1.92 bits per heavy atom. The lowest BCUT2D eigenvalue weighted by Gasteiger charge is -2.47. The van der Waals surface area contributed by atoms with Crippen molar-refractivity contribution in [1.29, 1.82) is 0 Å². The van der Waals surface area contributed by atoms with Gasteiger partial charge in [-0.1, -0.05) is 6.92 Å². The molecule has 0 radical (unpaired) electrons. The van der Waals surface area contributed by atoms with Crippen molar-refractivity contribution in [2.24, 2.45) is 23.3 Å². The number of amides is 4. The van der Waals surface area contributed by atoms with Gasteiger partial charge >= 0.3 is 5.97 Å². The van der Waals surface area contributed by atoms with Crippen molar-refractivity contribution in [3.8, 4) is 0 Å². The molecule has 0 bridgehead atoms. The SMILES string of the molecule is CNCC(=O)N[C@H](C)[C@H]1C(=O)N2C(C(=O)O)=C(SC3CNC(C(=O)N4CCC(N)(C(N)=O)CC4)C3)[C@H](C)[C@@H]12. The molecule has 3 fully saturated rings. The normalized spacial score (nSPS) is 31.1. The molecule has 4 aliphatic rings. The number of fused-ring (bicyclic) bond motifs is 1. The van der Waals surface area contributed by atoms with Crippen LogP contribution in [-0.4, -0.2) is 107 Å². The van der Waals surface area contributed by atoms with Gasteiger partial charge in [0.25, 0.3) is 0 Å². The average Bonchev–Trinajstić information content (AvgIpc) is 3.41. The number of rotatable bonds is 9. The van der Waals surface area contributed by atoms with Crippen LogP contribution in [0.1, 0.15) is 33.1 Å². The number of piperidine rings is 1. The van der Waals surface area contributed by atoms with Gasteiger partial charge in [-0.15, -0.1) is 11.8 Å². The highest BCUT2D eigenvalue weighted by Gasteiger charge is 2.60. The number of carboxylic acids is 1. The Hall–Kier alpha value is -2.68. The average molecular weight is 552 g/mol. The predicted molar refractivity (Wildman–Crippen MR) is 139 cm³/mol. The van der Waals surface area contributed by atoms with Crippen LogP contribution in [0.15, 0.2) is 10.6 Å². The molecule has 2 unspecified atom stereocenters. The summed E-state index contributed by atoms with van der Waals surface area (Å²) in [6.07, 6.45) is 1.13. The number of hydrogen-bond donors (Lipinski definition) is 6. The predicted octanol–water partition coefficient (Wildman–Crippen LogP) is -2.25. The van der Waals surface area contributed by atoms with Crippen molar-refractivity contribution in [2.75, 3.05) is 33.2 Å². The van der Waals surface area contributed by atoms with Crippen LogP contribution in [0.2, 0.25) is 0 Å². The molecule has 4 aliphatic heterocycles.